The molecule has 0 nitrogen and oxygen atoms in total. The Bertz CT molecular complexity index is 1740. The van der Waals surface area contributed by atoms with Crippen molar-refractivity contribution in [3.05, 3.63) is 130 Å². The van der Waals surface area contributed by atoms with Gasteiger partial charge in [0.25, 0.3) is 0 Å². The third kappa shape index (κ3) is 3.71. The molecule has 2 aliphatic rings. The molecule has 0 aliphatic heterocycles. The Morgan fingerprint density at radius 3 is 1.33 bits per heavy atom. The molecule has 0 saturated carbocycles. The van der Waals surface area contributed by atoms with Crippen molar-refractivity contribution >= 4 is 19.1 Å². The van der Waals surface area contributed by atoms with Crippen molar-refractivity contribution in [2.45, 2.75) is 46.3 Å². The number of rotatable bonds is 5. The van der Waals surface area contributed by atoms with E-state index in [0.717, 1.165) is 0 Å². The van der Waals surface area contributed by atoms with Gasteiger partial charge >= 0.3 is 232 Å². The Labute approximate surface area is 231 Å². The summed E-state index contributed by atoms with van der Waals surface area (Å²) in [6, 6.07) is 31.8. The number of hydrogen-bond acceptors (Lipinski definition) is 0. The third-order valence-electron chi connectivity index (χ3n) is 11.6. The number of fused-ring (bicyclic) bond motifs is 2. The van der Waals surface area contributed by atoms with Gasteiger partial charge in [-0.25, -0.2) is 0 Å². The van der Waals surface area contributed by atoms with Gasteiger partial charge in [-0.2, -0.15) is 0 Å². The quantitative estimate of drug-likeness (QED) is 0.183. The van der Waals surface area contributed by atoms with Gasteiger partial charge in [0.15, 0.2) is 0 Å². The van der Waals surface area contributed by atoms with Crippen molar-refractivity contribution in [3.8, 4) is 22.3 Å². The summed E-state index contributed by atoms with van der Waals surface area (Å²) >= 11 is -4.79. The second-order valence-electron chi connectivity index (χ2n) is 15.9. The van der Waals surface area contributed by atoms with Gasteiger partial charge in [-0.1, -0.05) is 0 Å². The van der Waals surface area contributed by atoms with E-state index in [-0.39, 0.29) is 0 Å². The monoisotopic (exact) mass is 694 g/mol. The zero-order valence-electron chi connectivity index (χ0n) is 24.5. The van der Waals surface area contributed by atoms with Crippen LogP contribution in [0, 0.1) is 13.8 Å². The van der Waals surface area contributed by atoms with Crippen LogP contribution in [0.1, 0.15) is 47.7 Å². The number of allylic oxidation sites excluding steroid dienone is 2. The van der Waals surface area contributed by atoms with E-state index in [9.17, 15) is 0 Å². The summed E-state index contributed by atoms with van der Waals surface area (Å²) in [7, 11) is 0. The summed E-state index contributed by atoms with van der Waals surface area (Å²) in [6.45, 7) is 9.41. The fourth-order valence-corrected chi connectivity index (χ4v) is 39.0. The fourth-order valence-electron chi connectivity index (χ4n) is 8.04. The molecule has 4 aromatic rings. The van der Waals surface area contributed by atoms with Gasteiger partial charge in [0.1, 0.15) is 0 Å². The Morgan fingerprint density at radius 1 is 0.564 bits per heavy atom. The van der Waals surface area contributed by atoms with Crippen LogP contribution in [0.2, 0.25) is 18.2 Å². The average molecular weight is 693 g/mol. The van der Waals surface area contributed by atoms with Crippen LogP contribution in [0.5, 0.6) is 0 Å². The van der Waals surface area contributed by atoms with Crippen LogP contribution in [0.3, 0.4) is 0 Å². The van der Waals surface area contributed by atoms with Crippen molar-refractivity contribution in [2.75, 3.05) is 0 Å². The summed E-state index contributed by atoms with van der Waals surface area (Å²) in [5.74, 6) is 0. The van der Waals surface area contributed by atoms with Crippen LogP contribution in [-0.4, -0.2) is 6.94 Å². The summed E-state index contributed by atoms with van der Waals surface area (Å²) < 4.78 is 10.4. The molecular weight excluding hydrogens is 651 g/mol. The molecular formula is C37H42HfSi. The molecule has 2 aliphatic carbocycles. The first-order valence-corrected chi connectivity index (χ1v) is 40.4. The maximum absolute atomic E-state index is 4.79. The normalized spacial score (nSPS) is 20.5. The van der Waals surface area contributed by atoms with Crippen molar-refractivity contribution in [1.82, 2.24) is 0 Å². The molecule has 0 bridgehead atoms. The standard InChI is InChI=1S/2C16H13.C2H5.3CH3.Hf.H2Si/c2*1-12-6-2-3-9-14(12)16-11-5-8-13-7-4-10-15(13)16;1-2;;;;;/h2*2-11H,1H3;1H2,2H3;3*1H3;;1H2. The Morgan fingerprint density at radius 2 is 0.949 bits per heavy atom. The van der Waals surface area contributed by atoms with E-state index in [1.165, 1.54) is 59.8 Å². The molecule has 0 radical (unpaired) electrons. The first-order valence-electron chi connectivity index (χ1n) is 14.6. The Kier molecular flexibility index (Phi) is 5.33. The predicted molar refractivity (Wildman–Crippen MR) is 173 cm³/mol. The number of hydrogen-bond donors (Lipinski definition) is 0. The van der Waals surface area contributed by atoms with E-state index in [1.807, 2.05) is 0 Å². The third-order valence-corrected chi connectivity index (χ3v) is 61.1. The van der Waals surface area contributed by atoms with Crippen LogP contribution in [-0.2, 0) is 14.2 Å². The van der Waals surface area contributed by atoms with Crippen LogP contribution in [0.15, 0.2) is 97.1 Å². The van der Waals surface area contributed by atoms with Gasteiger partial charge in [0, 0.05) is 0 Å². The molecule has 2 heteroatoms. The van der Waals surface area contributed by atoms with Crippen LogP contribution in [0.25, 0.3) is 34.4 Å². The minimum atomic E-state index is -4.79. The molecule has 0 spiro atoms. The summed E-state index contributed by atoms with van der Waals surface area (Å²) in [5.41, 5.74) is 14.0. The average Bonchev–Trinajstić information content (AvgIpc) is 3.56. The zero-order chi connectivity index (χ0) is 27.7. The molecule has 0 amide bonds. The Balaban J connectivity index is 1.57. The van der Waals surface area contributed by atoms with Gasteiger partial charge in [0.2, 0.25) is 0 Å². The van der Waals surface area contributed by atoms with Gasteiger partial charge in [-0.15, -0.1) is 0 Å². The van der Waals surface area contributed by atoms with E-state index >= 15 is 0 Å². The molecule has 4 aromatic carbocycles. The number of aryl methyl sites for hydroxylation is 2. The van der Waals surface area contributed by atoms with E-state index in [1.54, 1.807) is 0 Å². The van der Waals surface area contributed by atoms with E-state index < -0.39 is 14.2 Å². The van der Waals surface area contributed by atoms with Crippen molar-refractivity contribution in [3.63, 3.8) is 0 Å². The van der Waals surface area contributed by atoms with Crippen molar-refractivity contribution < 1.29 is 14.2 Å². The second-order valence-corrected chi connectivity index (χ2v) is 98.3. The van der Waals surface area contributed by atoms with Crippen molar-refractivity contribution in [1.29, 1.82) is 0 Å². The van der Waals surface area contributed by atoms with E-state index in [4.69, 9.17) is 0 Å². The van der Waals surface area contributed by atoms with Crippen LogP contribution in [0.4, 0.5) is 0 Å². The molecule has 0 N–H and O–H groups in total. The minimum absolute atomic E-state index is 0.430. The molecule has 0 fully saturated rings. The molecule has 0 aromatic heterocycles. The molecule has 6 rings (SSSR count). The molecule has 0 saturated heterocycles. The van der Waals surface area contributed by atoms with E-state index in [0.29, 0.717) is 7.35 Å². The second kappa shape index (κ2) is 7.80. The summed E-state index contributed by atoms with van der Waals surface area (Å²) in [6.07, 6.45) is 10.1. The van der Waals surface area contributed by atoms with Gasteiger partial charge in [-0.3, -0.25) is 0 Å². The predicted octanol–water partition coefficient (Wildman–Crippen LogP) is 10.4. The number of benzene rings is 4. The topological polar surface area (TPSA) is 0 Å². The summed E-state index contributed by atoms with van der Waals surface area (Å²) in [4.78, 5) is 0. The van der Waals surface area contributed by atoms with Gasteiger partial charge < -0.3 is 0 Å². The van der Waals surface area contributed by atoms with E-state index in [2.05, 4.69) is 151 Å². The fraction of sp³-hybridized carbons (Fsp3) is 0.243. The van der Waals surface area contributed by atoms with Crippen LogP contribution < -0.4 is 0 Å². The summed E-state index contributed by atoms with van der Waals surface area (Å²) in [5, 5.41) is 0. The van der Waals surface area contributed by atoms with Crippen molar-refractivity contribution in [2.24, 2.45) is 0 Å². The first kappa shape index (κ1) is 26.7. The van der Waals surface area contributed by atoms with Gasteiger partial charge in [0.05, 0.1) is 0 Å². The van der Waals surface area contributed by atoms with Crippen LogP contribution >= 0.6 is 0 Å². The molecule has 39 heavy (non-hydrogen) atoms. The molecule has 2 unspecified atom stereocenters. The first-order chi connectivity index (χ1) is 18.3. The van der Waals surface area contributed by atoms with Gasteiger partial charge in [-0.05, 0) is 0 Å². The molecule has 2 atom stereocenters. The molecule has 198 valence electrons. The SMILES string of the molecule is C[CH2][Hf]([CH3])([CH3])([CH3])(=[SiH2])([CH]1C=Cc2c(-c3ccccc3C)cccc21)[CH]1C=Cc2c(-c3ccccc3C)cccc21. The Hall–Kier alpha value is -2.55. The molecule has 0 heterocycles. The zero-order valence-corrected chi connectivity index (χ0v) is 29.5. The maximum atomic E-state index is 2.78.